The minimum atomic E-state index is 0. The largest absolute Gasteiger partial charge is 0.493 e. The van der Waals surface area contributed by atoms with Gasteiger partial charge < -0.3 is 43.1 Å². The minimum Gasteiger partial charge on any atom is -0.493 e. The molecule has 1 atom stereocenters. The Morgan fingerprint density at radius 1 is 0.612 bits per heavy atom. The van der Waals surface area contributed by atoms with E-state index in [1.165, 1.54) is 0 Å². The van der Waals surface area contributed by atoms with Gasteiger partial charge in [-0.05, 0) is 62.6 Å². The van der Waals surface area contributed by atoms with Gasteiger partial charge in [0.25, 0.3) is 0 Å². The Morgan fingerprint density at radius 3 is 1.39 bits per heavy atom. The number of ether oxygens (including phenoxy) is 6. The van der Waals surface area contributed by atoms with Crippen molar-refractivity contribution in [2.75, 3.05) is 92.7 Å². The molecule has 0 spiro atoms. The zero-order valence-electron chi connectivity index (χ0n) is 29.1. The standard InChI is InChI=1S/C35H43N5O6.3ClH/c1-38(2)21-27-22-39(25-9-11-28(36-19-25)23-15-30(41-3)34(45-7)31(16-23)42-4)13-14-40(27)26-10-12-29(37-20-26)24-17-32(43-5)35(46-8)33(18-24)44-6;;;/h9-12,15-20,27H,13-14,21-22H2,1-8H3;3*1H. The first-order valence-electron chi connectivity index (χ1n) is 15.0. The number of nitrogens with zero attached hydrogens (tertiary/aromatic N) is 5. The highest BCUT2D eigenvalue weighted by molar-refractivity contribution is 5.86. The second kappa shape index (κ2) is 18.7. The molecule has 1 unspecified atom stereocenters. The monoisotopic (exact) mass is 737 g/mol. The number of aromatic nitrogens is 2. The number of rotatable bonds is 12. The highest BCUT2D eigenvalue weighted by Crippen LogP contribution is 2.42. The average molecular weight is 739 g/mol. The summed E-state index contributed by atoms with van der Waals surface area (Å²) in [6, 6.07) is 16.2. The lowest BCUT2D eigenvalue weighted by Gasteiger charge is -2.44. The fourth-order valence-corrected chi connectivity index (χ4v) is 5.94. The Labute approximate surface area is 307 Å². The quantitative estimate of drug-likeness (QED) is 0.162. The Balaban J connectivity index is 0.00000278. The van der Waals surface area contributed by atoms with Crippen LogP contribution in [0.1, 0.15) is 0 Å². The highest BCUT2D eigenvalue weighted by Gasteiger charge is 2.29. The van der Waals surface area contributed by atoms with Gasteiger partial charge in [0.2, 0.25) is 11.5 Å². The SMILES string of the molecule is COc1cc(-c2ccc(N3CCN(c4ccc(-c5cc(OC)c(OC)c(OC)c5)nc4)C(CN(C)C)C3)cn2)cc(OC)c1OC.Cl.Cl.Cl. The van der Waals surface area contributed by atoms with Crippen molar-refractivity contribution in [3.8, 4) is 57.0 Å². The van der Waals surface area contributed by atoms with Crippen molar-refractivity contribution in [3.05, 3.63) is 60.9 Å². The molecule has 0 amide bonds. The van der Waals surface area contributed by atoms with Crippen molar-refractivity contribution in [3.63, 3.8) is 0 Å². The van der Waals surface area contributed by atoms with Crippen LogP contribution in [0.4, 0.5) is 11.4 Å². The first-order valence-corrected chi connectivity index (χ1v) is 15.0. The number of halogens is 3. The summed E-state index contributed by atoms with van der Waals surface area (Å²) in [6.07, 6.45) is 3.89. The number of hydrogen-bond acceptors (Lipinski definition) is 11. The van der Waals surface area contributed by atoms with E-state index in [9.17, 15) is 0 Å². The van der Waals surface area contributed by atoms with Gasteiger partial charge in [0.05, 0.1) is 83.9 Å². The van der Waals surface area contributed by atoms with Crippen molar-refractivity contribution < 1.29 is 28.4 Å². The molecule has 1 saturated heterocycles. The Hall–Kier alpha value is -4.03. The van der Waals surface area contributed by atoms with E-state index in [1.807, 2.05) is 48.8 Å². The van der Waals surface area contributed by atoms with E-state index in [0.29, 0.717) is 34.5 Å². The molecule has 0 saturated carbocycles. The molecule has 5 rings (SSSR count). The predicted molar refractivity (Wildman–Crippen MR) is 202 cm³/mol. The predicted octanol–water partition coefficient (Wildman–Crippen LogP) is 6.38. The fraction of sp³-hybridized carbons (Fsp3) is 0.371. The van der Waals surface area contributed by atoms with Gasteiger partial charge in [-0.25, -0.2) is 0 Å². The number of likely N-dealkylation sites (N-methyl/N-ethyl adjacent to an activating group) is 1. The lowest BCUT2D eigenvalue weighted by molar-refractivity contribution is 0.324. The molecule has 0 aliphatic carbocycles. The molecule has 0 N–H and O–H groups in total. The summed E-state index contributed by atoms with van der Waals surface area (Å²) in [4.78, 5) is 16.7. The van der Waals surface area contributed by atoms with Gasteiger partial charge in [0, 0.05) is 37.3 Å². The lowest BCUT2D eigenvalue weighted by atomic mass is 10.1. The van der Waals surface area contributed by atoms with Gasteiger partial charge >= 0.3 is 0 Å². The van der Waals surface area contributed by atoms with E-state index in [-0.39, 0.29) is 43.3 Å². The number of benzene rings is 2. The van der Waals surface area contributed by atoms with Crippen molar-refractivity contribution in [2.45, 2.75) is 6.04 Å². The van der Waals surface area contributed by atoms with Gasteiger partial charge in [0.15, 0.2) is 23.0 Å². The molecule has 0 bridgehead atoms. The van der Waals surface area contributed by atoms with E-state index in [4.69, 9.17) is 38.4 Å². The summed E-state index contributed by atoms with van der Waals surface area (Å²) in [5, 5.41) is 0. The van der Waals surface area contributed by atoms with Crippen LogP contribution in [0.5, 0.6) is 34.5 Å². The molecular weight excluding hydrogens is 693 g/mol. The zero-order valence-corrected chi connectivity index (χ0v) is 31.5. The highest BCUT2D eigenvalue weighted by atomic mass is 35.5. The summed E-state index contributed by atoms with van der Waals surface area (Å²) in [5.41, 5.74) is 5.58. The summed E-state index contributed by atoms with van der Waals surface area (Å²) in [5.74, 6) is 3.49. The average Bonchev–Trinajstić information content (AvgIpc) is 3.10. The molecule has 4 aromatic rings. The van der Waals surface area contributed by atoms with Gasteiger partial charge in [-0.15, -0.1) is 37.2 Å². The Kier molecular flexibility index (Phi) is 15.7. The minimum absolute atomic E-state index is 0. The molecule has 1 aliphatic heterocycles. The van der Waals surface area contributed by atoms with Crippen LogP contribution in [0.25, 0.3) is 22.5 Å². The fourth-order valence-electron chi connectivity index (χ4n) is 5.94. The molecule has 11 nitrogen and oxygen atoms in total. The molecule has 0 radical (unpaired) electrons. The van der Waals surface area contributed by atoms with Crippen molar-refractivity contribution >= 4 is 48.6 Å². The first-order chi connectivity index (χ1) is 22.3. The van der Waals surface area contributed by atoms with Crippen LogP contribution in [0.3, 0.4) is 0 Å². The Bertz CT molecular complexity index is 1580. The third-order valence-electron chi connectivity index (χ3n) is 8.17. The second-order valence-corrected chi connectivity index (χ2v) is 11.2. The third kappa shape index (κ3) is 8.96. The van der Waals surface area contributed by atoms with Crippen LogP contribution in [-0.4, -0.2) is 104 Å². The molecule has 3 heterocycles. The van der Waals surface area contributed by atoms with Crippen LogP contribution in [0.15, 0.2) is 60.9 Å². The van der Waals surface area contributed by atoms with E-state index in [0.717, 1.165) is 60.1 Å². The molecule has 2 aromatic carbocycles. The topological polar surface area (TPSA) is 90.9 Å². The number of pyridine rings is 2. The number of anilines is 2. The molecule has 14 heteroatoms. The summed E-state index contributed by atoms with van der Waals surface area (Å²) in [6.45, 7) is 3.43. The molecule has 1 fully saturated rings. The number of methoxy groups -OCH3 is 6. The van der Waals surface area contributed by atoms with Gasteiger partial charge in [-0.2, -0.15) is 0 Å². The summed E-state index contributed by atoms with van der Waals surface area (Å²) < 4.78 is 33.1. The van der Waals surface area contributed by atoms with E-state index in [1.54, 1.807) is 42.7 Å². The second-order valence-electron chi connectivity index (χ2n) is 11.2. The van der Waals surface area contributed by atoms with Crippen molar-refractivity contribution in [2.24, 2.45) is 0 Å². The first kappa shape index (κ1) is 41.1. The third-order valence-corrected chi connectivity index (χ3v) is 8.17. The lowest BCUT2D eigenvalue weighted by Crippen LogP contribution is -2.56. The summed E-state index contributed by atoms with van der Waals surface area (Å²) >= 11 is 0. The maximum atomic E-state index is 5.54. The van der Waals surface area contributed by atoms with Crippen LogP contribution < -0.4 is 38.2 Å². The van der Waals surface area contributed by atoms with Crippen molar-refractivity contribution in [1.29, 1.82) is 0 Å². The maximum absolute atomic E-state index is 5.54. The molecular formula is C35H46Cl3N5O6. The molecule has 1 aliphatic rings. The van der Waals surface area contributed by atoms with Crippen LogP contribution in [0.2, 0.25) is 0 Å². The van der Waals surface area contributed by atoms with Crippen LogP contribution >= 0.6 is 37.2 Å². The smallest absolute Gasteiger partial charge is 0.203 e. The normalized spacial score (nSPS) is 13.8. The van der Waals surface area contributed by atoms with E-state index in [2.05, 4.69) is 40.9 Å². The van der Waals surface area contributed by atoms with Crippen LogP contribution in [0, 0.1) is 0 Å². The number of hydrogen-bond donors (Lipinski definition) is 0. The van der Waals surface area contributed by atoms with Crippen molar-refractivity contribution in [1.82, 2.24) is 14.9 Å². The molecule has 2 aromatic heterocycles. The number of piperazine rings is 1. The van der Waals surface area contributed by atoms with Gasteiger partial charge in [-0.3, -0.25) is 9.97 Å². The van der Waals surface area contributed by atoms with Gasteiger partial charge in [-0.1, -0.05) is 0 Å². The molecule has 49 heavy (non-hydrogen) atoms. The van der Waals surface area contributed by atoms with Gasteiger partial charge in [0.1, 0.15) is 0 Å². The van der Waals surface area contributed by atoms with E-state index < -0.39 is 0 Å². The van der Waals surface area contributed by atoms with Crippen LogP contribution in [-0.2, 0) is 0 Å². The summed E-state index contributed by atoms with van der Waals surface area (Å²) in [7, 11) is 13.9. The molecule has 268 valence electrons. The Morgan fingerprint density at radius 2 is 1.04 bits per heavy atom. The maximum Gasteiger partial charge on any atom is 0.203 e. The zero-order chi connectivity index (χ0) is 32.8. The van der Waals surface area contributed by atoms with E-state index >= 15 is 0 Å².